The number of hydrogen-bond donors (Lipinski definition) is 0. The van der Waals surface area contributed by atoms with Crippen molar-refractivity contribution in [2.75, 3.05) is 0 Å². The lowest BCUT2D eigenvalue weighted by atomic mass is 10.2. The molecule has 4 aromatic rings. The highest BCUT2D eigenvalue weighted by Gasteiger charge is 2.12. The van der Waals surface area contributed by atoms with Crippen LogP contribution in [0.1, 0.15) is 11.7 Å². The van der Waals surface area contributed by atoms with Crippen LogP contribution in [0.4, 0.5) is 0 Å². The van der Waals surface area contributed by atoms with Gasteiger partial charge in [-0.3, -0.25) is 0 Å². The van der Waals surface area contributed by atoms with Gasteiger partial charge in [-0.1, -0.05) is 28.5 Å². The Balaban J connectivity index is 1.42. The molecule has 0 fully saturated rings. The van der Waals surface area contributed by atoms with Gasteiger partial charge in [-0.2, -0.15) is 4.98 Å². The Bertz CT molecular complexity index is 949. The second-order valence-electron chi connectivity index (χ2n) is 5.13. The van der Waals surface area contributed by atoms with E-state index in [9.17, 15) is 0 Å². The number of nitrogens with zero attached hydrogens (tertiary/aromatic N) is 5. The van der Waals surface area contributed by atoms with Crippen molar-refractivity contribution in [3.8, 4) is 11.4 Å². The summed E-state index contributed by atoms with van der Waals surface area (Å²) in [7, 11) is 0. The van der Waals surface area contributed by atoms with Gasteiger partial charge < -0.3 is 13.5 Å². The summed E-state index contributed by atoms with van der Waals surface area (Å²) in [6.45, 7) is 0.572. The summed E-state index contributed by atoms with van der Waals surface area (Å²) < 4.78 is 12.6. The largest absolute Gasteiger partial charge is 0.467 e. The number of benzene rings is 1. The molecule has 0 aliphatic carbocycles. The monoisotopic (exact) mass is 373 g/mol. The molecule has 9 heteroatoms. The van der Waals surface area contributed by atoms with Gasteiger partial charge in [0.25, 0.3) is 0 Å². The molecule has 25 heavy (non-hydrogen) atoms. The Morgan fingerprint density at radius 3 is 2.84 bits per heavy atom. The van der Waals surface area contributed by atoms with E-state index in [0.29, 0.717) is 29.0 Å². The first-order valence-electron chi connectivity index (χ1n) is 7.39. The van der Waals surface area contributed by atoms with E-state index in [4.69, 9.17) is 20.5 Å². The van der Waals surface area contributed by atoms with Crippen LogP contribution in [-0.4, -0.2) is 24.9 Å². The minimum Gasteiger partial charge on any atom is -0.467 e. The molecule has 0 radical (unpaired) electrons. The fraction of sp³-hybridized carbons (Fsp3) is 0.125. The second-order valence-corrected chi connectivity index (χ2v) is 6.51. The van der Waals surface area contributed by atoms with Gasteiger partial charge in [0.05, 0.1) is 18.6 Å². The summed E-state index contributed by atoms with van der Waals surface area (Å²) in [5.41, 5.74) is 0.852. The molecule has 0 amide bonds. The average Bonchev–Trinajstić information content (AvgIpc) is 3.36. The van der Waals surface area contributed by atoms with E-state index < -0.39 is 0 Å². The molecule has 0 bridgehead atoms. The highest BCUT2D eigenvalue weighted by atomic mass is 35.5. The van der Waals surface area contributed by atoms with Crippen molar-refractivity contribution in [1.82, 2.24) is 24.9 Å². The number of hydrogen-bond acceptors (Lipinski definition) is 7. The van der Waals surface area contributed by atoms with Crippen molar-refractivity contribution >= 4 is 23.4 Å². The molecule has 3 aromatic heterocycles. The fourth-order valence-electron chi connectivity index (χ4n) is 2.19. The average molecular weight is 374 g/mol. The highest BCUT2D eigenvalue weighted by molar-refractivity contribution is 7.98. The molecule has 0 saturated carbocycles. The first-order valence-corrected chi connectivity index (χ1v) is 8.76. The van der Waals surface area contributed by atoms with Crippen molar-refractivity contribution in [2.45, 2.75) is 17.5 Å². The van der Waals surface area contributed by atoms with Gasteiger partial charge in [0.2, 0.25) is 11.7 Å². The van der Waals surface area contributed by atoms with Gasteiger partial charge >= 0.3 is 0 Å². The Kier molecular flexibility index (Phi) is 4.53. The van der Waals surface area contributed by atoms with Crippen molar-refractivity contribution in [3.63, 3.8) is 0 Å². The van der Waals surface area contributed by atoms with Crippen molar-refractivity contribution in [2.24, 2.45) is 0 Å². The summed E-state index contributed by atoms with van der Waals surface area (Å²) in [5, 5.41) is 13.5. The number of aromatic nitrogens is 5. The number of halogens is 1. The van der Waals surface area contributed by atoms with Gasteiger partial charge in [-0.25, -0.2) is 0 Å². The first kappa shape index (κ1) is 15.9. The third-order valence-corrected chi connectivity index (χ3v) is 4.60. The topological polar surface area (TPSA) is 82.8 Å². The van der Waals surface area contributed by atoms with Gasteiger partial charge in [0.15, 0.2) is 5.16 Å². The molecule has 126 valence electrons. The maximum atomic E-state index is 5.89. The Morgan fingerprint density at radius 2 is 2.04 bits per heavy atom. The van der Waals surface area contributed by atoms with Crippen LogP contribution < -0.4 is 0 Å². The van der Waals surface area contributed by atoms with E-state index in [-0.39, 0.29) is 0 Å². The van der Waals surface area contributed by atoms with E-state index in [1.165, 1.54) is 11.8 Å². The molecule has 0 unspecified atom stereocenters. The molecule has 0 N–H and O–H groups in total. The van der Waals surface area contributed by atoms with E-state index in [0.717, 1.165) is 16.5 Å². The molecular weight excluding hydrogens is 362 g/mol. The predicted molar refractivity (Wildman–Crippen MR) is 92.1 cm³/mol. The first-order chi connectivity index (χ1) is 12.3. The number of furan rings is 1. The summed E-state index contributed by atoms with van der Waals surface area (Å²) in [6.07, 6.45) is 3.31. The van der Waals surface area contributed by atoms with Crippen molar-refractivity contribution < 1.29 is 8.94 Å². The summed E-state index contributed by atoms with van der Waals surface area (Å²) in [6, 6.07) is 11.0. The van der Waals surface area contributed by atoms with Gasteiger partial charge in [0, 0.05) is 10.6 Å². The number of rotatable bonds is 6. The fourth-order valence-corrected chi connectivity index (χ4v) is 3.07. The molecule has 0 aliphatic rings. The zero-order valence-corrected chi connectivity index (χ0v) is 14.4. The molecular formula is C16H12ClN5O2S. The van der Waals surface area contributed by atoms with Crippen molar-refractivity contribution in [3.05, 3.63) is 65.7 Å². The Hall–Kier alpha value is -2.58. The van der Waals surface area contributed by atoms with E-state index >= 15 is 0 Å². The summed E-state index contributed by atoms with van der Waals surface area (Å²) >= 11 is 7.36. The van der Waals surface area contributed by atoms with Crippen LogP contribution in [0, 0.1) is 0 Å². The van der Waals surface area contributed by atoms with Crippen LogP contribution in [0.5, 0.6) is 0 Å². The lowest BCUT2D eigenvalue weighted by Crippen LogP contribution is -1.99. The normalized spacial score (nSPS) is 11.1. The minimum absolute atomic E-state index is 0.497. The van der Waals surface area contributed by atoms with Gasteiger partial charge in [0.1, 0.15) is 12.1 Å². The predicted octanol–water partition coefficient (Wildman–Crippen LogP) is 3.92. The van der Waals surface area contributed by atoms with E-state index in [1.54, 1.807) is 24.7 Å². The van der Waals surface area contributed by atoms with Crippen LogP contribution in [-0.2, 0) is 12.3 Å². The summed E-state index contributed by atoms with van der Waals surface area (Å²) in [4.78, 5) is 4.40. The second kappa shape index (κ2) is 7.12. The maximum Gasteiger partial charge on any atom is 0.237 e. The zero-order valence-electron chi connectivity index (χ0n) is 12.9. The molecule has 1 aromatic carbocycles. The lowest BCUT2D eigenvalue weighted by Gasteiger charge is -2.02. The van der Waals surface area contributed by atoms with Crippen molar-refractivity contribution in [1.29, 1.82) is 0 Å². The summed E-state index contributed by atoms with van der Waals surface area (Å²) in [5.74, 6) is 2.38. The van der Waals surface area contributed by atoms with Crippen LogP contribution in [0.2, 0.25) is 5.02 Å². The number of thioether (sulfide) groups is 1. The van der Waals surface area contributed by atoms with E-state index in [2.05, 4.69) is 20.3 Å². The molecule has 0 saturated heterocycles. The lowest BCUT2D eigenvalue weighted by molar-refractivity contribution is 0.391. The van der Waals surface area contributed by atoms with E-state index in [1.807, 2.05) is 28.8 Å². The Labute approximate surface area is 152 Å². The standard InChI is InChI=1S/C16H12ClN5O2S/c17-12-5-3-11(4-6-12)15-19-14(24-21-15)9-25-16-20-18-10-22(16)8-13-2-1-7-23-13/h1-7,10H,8-9H2. The minimum atomic E-state index is 0.497. The van der Waals surface area contributed by atoms with Crippen LogP contribution in [0.3, 0.4) is 0 Å². The SMILES string of the molecule is Clc1ccc(-c2noc(CSc3nncn3Cc3ccco3)n2)cc1. The molecule has 4 rings (SSSR count). The molecule has 0 aliphatic heterocycles. The Morgan fingerprint density at radius 1 is 1.16 bits per heavy atom. The molecule has 0 spiro atoms. The zero-order chi connectivity index (χ0) is 17.1. The highest BCUT2D eigenvalue weighted by Crippen LogP contribution is 2.23. The quantitative estimate of drug-likeness (QED) is 0.474. The molecule has 7 nitrogen and oxygen atoms in total. The van der Waals surface area contributed by atoms with Crippen LogP contribution >= 0.6 is 23.4 Å². The third-order valence-electron chi connectivity index (χ3n) is 3.38. The third kappa shape index (κ3) is 3.75. The maximum absolute atomic E-state index is 5.89. The molecule has 0 atom stereocenters. The molecule has 3 heterocycles. The van der Waals surface area contributed by atoms with Gasteiger partial charge in [-0.15, -0.1) is 10.2 Å². The van der Waals surface area contributed by atoms with Gasteiger partial charge in [-0.05, 0) is 36.4 Å². The van der Waals surface area contributed by atoms with Crippen LogP contribution in [0.15, 0.2) is 63.1 Å². The smallest absolute Gasteiger partial charge is 0.237 e. The van der Waals surface area contributed by atoms with Crippen LogP contribution in [0.25, 0.3) is 11.4 Å².